The summed E-state index contributed by atoms with van der Waals surface area (Å²) in [5.41, 5.74) is 1.66. The van der Waals surface area contributed by atoms with Crippen molar-refractivity contribution in [1.82, 2.24) is 19.1 Å². The minimum atomic E-state index is -0.934. The number of ether oxygens (including phenoxy) is 4. The Morgan fingerprint density at radius 2 is 1.41 bits per heavy atom. The summed E-state index contributed by atoms with van der Waals surface area (Å²) < 4.78 is 27.3. The van der Waals surface area contributed by atoms with Crippen molar-refractivity contribution in [3.8, 4) is 0 Å². The van der Waals surface area contributed by atoms with Crippen molar-refractivity contribution in [2.24, 2.45) is 4.99 Å². The summed E-state index contributed by atoms with van der Waals surface area (Å²) in [7, 11) is 0. The first-order chi connectivity index (χ1) is 22.3. The topological polar surface area (TPSA) is 136 Å². The molecule has 46 heavy (non-hydrogen) atoms. The lowest BCUT2D eigenvalue weighted by molar-refractivity contribution is -0.199. The summed E-state index contributed by atoms with van der Waals surface area (Å²) >= 11 is 0. The molecule has 12 heteroatoms. The number of benzene rings is 3. The van der Waals surface area contributed by atoms with E-state index < -0.39 is 48.1 Å². The third-order valence-corrected chi connectivity index (χ3v) is 7.76. The fourth-order valence-electron chi connectivity index (χ4n) is 5.66. The predicted molar refractivity (Wildman–Crippen MR) is 162 cm³/mol. The molecule has 0 bridgehead atoms. The summed E-state index contributed by atoms with van der Waals surface area (Å²) in [4.78, 5) is 53.0. The normalized spacial score (nSPS) is 22.1. The Bertz CT molecular complexity index is 1990. The second-order valence-electron chi connectivity index (χ2n) is 11.3. The molecule has 12 nitrogen and oxygen atoms in total. The molecule has 1 amide bonds. The molecular weight excluding hydrogens is 590 g/mol. The highest BCUT2D eigenvalue weighted by atomic mass is 16.8. The van der Waals surface area contributed by atoms with Gasteiger partial charge in [0.2, 0.25) is 0 Å². The van der Waals surface area contributed by atoms with Gasteiger partial charge in [0.25, 0.3) is 11.8 Å². The average molecular weight is 620 g/mol. The van der Waals surface area contributed by atoms with Crippen molar-refractivity contribution in [2.75, 3.05) is 6.61 Å². The number of hydrogen-bond acceptors (Lipinski definition) is 9. The van der Waals surface area contributed by atoms with Crippen LogP contribution in [0.3, 0.4) is 0 Å². The smallest absolute Gasteiger partial charge is 0.338 e. The molecule has 3 aromatic carbocycles. The molecule has 0 N–H and O–H groups in total. The van der Waals surface area contributed by atoms with Crippen molar-refractivity contribution >= 4 is 28.9 Å². The second kappa shape index (κ2) is 11.9. The summed E-state index contributed by atoms with van der Waals surface area (Å²) in [6.07, 6.45) is 0.170. The Morgan fingerprint density at radius 1 is 0.804 bits per heavy atom. The van der Waals surface area contributed by atoms with Gasteiger partial charge in [0, 0.05) is 11.1 Å². The van der Waals surface area contributed by atoms with Crippen LogP contribution >= 0.6 is 0 Å². The fourth-order valence-corrected chi connectivity index (χ4v) is 5.66. The summed E-state index contributed by atoms with van der Waals surface area (Å²) in [6, 6.07) is 25.8. The maximum absolute atomic E-state index is 13.6. The van der Waals surface area contributed by atoms with Gasteiger partial charge in [-0.25, -0.2) is 19.3 Å². The lowest BCUT2D eigenvalue weighted by atomic mass is 10.1. The van der Waals surface area contributed by atoms with Gasteiger partial charge in [0.1, 0.15) is 31.2 Å². The van der Waals surface area contributed by atoms with Crippen molar-refractivity contribution in [1.29, 1.82) is 0 Å². The van der Waals surface area contributed by atoms with Crippen LogP contribution in [0.15, 0.2) is 109 Å². The fraction of sp³-hybridized carbons (Fsp3) is 0.235. The molecular formula is C34H29N5O7. The Balaban J connectivity index is 1.27. The molecule has 0 spiro atoms. The molecule has 4 unspecified atom stereocenters. The van der Waals surface area contributed by atoms with E-state index >= 15 is 0 Å². The zero-order valence-corrected chi connectivity index (χ0v) is 24.9. The maximum atomic E-state index is 13.6. The molecule has 4 heterocycles. The Morgan fingerprint density at radius 3 is 2.09 bits per heavy atom. The molecule has 2 aliphatic heterocycles. The minimum Gasteiger partial charge on any atom is -0.459 e. The number of rotatable bonds is 6. The zero-order chi connectivity index (χ0) is 31.8. The quantitative estimate of drug-likeness (QED) is 0.259. The van der Waals surface area contributed by atoms with E-state index in [2.05, 4.69) is 15.0 Å². The number of aromatic nitrogens is 4. The van der Waals surface area contributed by atoms with Gasteiger partial charge in [0.15, 0.2) is 28.7 Å². The van der Waals surface area contributed by atoms with Crippen LogP contribution < -0.4 is 5.49 Å². The monoisotopic (exact) mass is 619 g/mol. The summed E-state index contributed by atoms with van der Waals surface area (Å²) in [5.74, 6) is -2.41. The number of nitrogens with zero attached hydrogens (tertiary/aromatic N) is 5. The van der Waals surface area contributed by atoms with Gasteiger partial charge in [-0.15, -0.1) is 0 Å². The molecule has 5 aromatic rings. The minimum absolute atomic E-state index is 0.0123. The molecule has 2 aliphatic rings. The van der Waals surface area contributed by atoms with Crippen molar-refractivity contribution in [3.63, 3.8) is 0 Å². The highest BCUT2D eigenvalue weighted by Crippen LogP contribution is 2.43. The van der Waals surface area contributed by atoms with Crippen molar-refractivity contribution < 1.29 is 33.3 Å². The van der Waals surface area contributed by atoms with Gasteiger partial charge >= 0.3 is 5.97 Å². The van der Waals surface area contributed by atoms with Crippen LogP contribution in [0.25, 0.3) is 11.2 Å². The first-order valence-corrected chi connectivity index (χ1v) is 14.7. The Labute approximate surface area is 262 Å². The summed E-state index contributed by atoms with van der Waals surface area (Å²) in [5, 5.41) is 0. The molecule has 7 rings (SSSR count). The standard InChI is InChI=1S/C34H29N5O7/c1-34(2)45-26-24(18-43-33(42)23-16-10-5-11-17-23)44-32(27(26)46-34)39-19-35-25-28(39)36-20-38(31(41)22-14-8-4-9-15-22)29(25)37-30(40)21-12-6-3-7-13-21/h3-17,19-20,24,26-27,32H,18H2,1-2H3. The van der Waals surface area contributed by atoms with Gasteiger partial charge in [-0.05, 0) is 50.2 Å². The highest BCUT2D eigenvalue weighted by Gasteiger charge is 2.56. The van der Waals surface area contributed by atoms with Gasteiger partial charge < -0.3 is 18.9 Å². The lowest BCUT2D eigenvalue weighted by Crippen LogP contribution is -2.33. The van der Waals surface area contributed by atoms with E-state index in [1.165, 1.54) is 17.2 Å². The molecule has 0 radical (unpaired) electrons. The third kappa shape index (κ3) is 5.53. The first-order valence-electron chi connectivity index (χ1n) is 14.7. The molecule has 0 saturated carbocycles. The maximum Gasteiger partial charge on any atom is 0.338 e. The molecule has 0 aliphatic carbocycles. The highest BCUT2D eigenvalue weighted by molar-refractivity contribution is 5.98. The molecule has 4 atom stereocenters. The number of carbonyl (C=O) groups excluding carboxylic acids is 3. The van der Waals surface area contributed by atoms with Crippen LogP contribution in [0.1, 0.15) is 51.1 Å². The van der Waals surface area contributed by atoms with E-state index in [4.69, 9.17) is 18.9 Å². The predicted octanol–water partition coefficient (Wildman–Crippen LogP) is 3.94. The number of hydrogen-bond donors (Lipinski definition) is 0. The lowest BCUT2D eigenvalue weighted by Gasteiger charge is -2.24. The van der Waals surface area contributed by atoms with Gasteiger partial charge in [-0.3, -0.25) is 14.2 Å². The first kappa shape index (κ1) is 29.4. The van der Waals surface area contributed by atoms with Gasteiger partial charge in [-0.2, -0.15) is 4.99 Å². The SMILES string of the molecule is CC1(C)OC2C(COC(=O)c3ccccc3)OC(n3cnc4c(=NC(=O)c5ccccc5)n(C(=O)c5ccccc5)cnc43)C2O1. The van der Waals surface area contributed by atoms with E-state index in [9.17, 15) is 14.4 Å². The largest absolute Gasteiger partial charge is 0.459 e. The number of carbonyl (C=O) groups is 3. The van der Waals surface area contributed by atoms with E-state index in [1.54, 1.807) is 103 Å². The number of imidazole rings is 1. The van der Waals surface area contributed by atoms with Crippen LogP contribution in [0, 0.1) is 0 Å². The van der Waals surface area contributed by atoms with E-state index in [1.807, 2.05) is 6.07 Å². The number of amides is 1. The number of fused-ring (bicyclic) bond motifs is 2. The molecule has 2 aromatic heterocycles. The number of esters is 1. The van der Waals surface area contributed by atoms with Gasteiger partial charge in [-0.1, -0.05) is 54.6 Å². The van der Waals surface area contributed by atoms with Crippen LogP contribution in [-0.4, -0.2) is 67.6 Å². The third-order valence-electron chi connectivity index (χ3n) is 7.76. The van der Waals surface area contributed by atoms with Crippen LogP contribution in [0.5, 0.6) is 0 Å². The van der Waals surface area contributed by atoms with Crippen molar-refractivity contribution in [2.45, 2.75) is 44.2 Å². The summed E-state index contributed by atoms with van der Waals surface area (Å²) in [6.45, 7) is 3.51. The van der Waals surface area contributed by atoms with Gasteiger partial charge in [0.05, 0.1) is 11.9 Å². The molecule has 232 valence electrons. The van der Waals surface area contributed by atoms with Crippen LogP contribution in [-0.2, 0) is 18.9 Å². The zero-order valence-electron chi connectivity index (χ0n) is 24.9. The van der Waals surface area contributed by atoms with Crippen molar-refractivity contribution in [3.05, 3.63) is 126 Å². The second-order valence-corrected chi connectivity index (χ2v) is 11.3. The molecule has 2 fully saturated rings. The Hall–Kier alpha value is -5.30. The average Bonchev–Trinajstić information content (AvgIpc) is 3.75. The van der Waals surface area contributed by atoms with E-state index in [0.29, 0.717) is 22.3 Å². The van der Waals surface area contributed by atoms with Crippen LogP contribution in [0.4, 0.5) is 0 Å². The van der Waals surface area contributed by atoms with E-state index in [-0.39, 0.29) is 17.6 Å². The van der Waals surface area contributed by atoms with E-state index in [0.717, 1.165) is 0 Å². The van der Waals surface area contributed by atoms with Crippen LogP contribution in [0.2, 0.25) is 0 Å². The Kier molecular flexibility index (Phi) is 7.61. The molecule has 2 saturated heterocycles.